The Bertz CT molecular complexity index is 327. The molecule has 1 aromatic rings. The highest BCUT2D eigenvalue weighted by molar-refractivity contribution is 5.42. The summed E-state index contributed by atoms with van der Waals surface area (Å²) in [5, 5.41) is 3.37. The summed E-state index contributed by atoms with van der Waals surface area (Å²) in [6.07, 6.45) is 5.71. The third-order valence-electron chi connectivity index (χ3n) is 3.07. The lowest BCUT2D eigenvalue weighted by atomic mass is 9.98. The van der Waals surface area contributed by atoms with E-state index in [9.17, 15) is 0 Å². The van der Waals surface area contributed by atoms with Crippen molar-refractivity contribution in [1.82, 2.24) is 10.3 Å². The zero-order valence-corrected chi connectivity index (χ0v) is 9.82. The van der Waals surface area contributed by atoms with Crippen molar-refractivity contribution in [3.63, 3.8) is 0 Å². The second-order valence-electron chi connectivity index (χ2n) is 4.09. The van der Waals surface area contributed by atoms with Crippen molar-refractivity contribution in [3.05, 3.63) is 18.0 Å². The minimum atomic E-state index is 0.671. The van der Waals surface area contributed by atoms with E-state index in [0.717, 1.165) is 36.6 Å². The van der Waals surface area contributed by atoms with Gasteiger partial charge in [-0.25, -0.2) is 0 Å². The molecule has 2 heterocycles. The van der Waals surface area contributed by atoms with Crippen molar-refractivity contribution in [2.75, 3.05) is 27.3 Å². The van der Waals surface area contributed by atoms with Crippen LogP contribution in [0.5, 0.6) is 11.5 Å². The van der Waals surface area contributed by atoms with Crippen LogP contribution in [0, 0.1) is 5.92 Å². The molecule has 4 nitrogen and oxygen atoms in total. The molecule has 1 atom stereocenters. The van der Waals surface area contributed by atoms with E-state index >= 15 is 0 Å². The first kappa shape index (κ1) is 11.2. The number of ether oxygens (including phenoxy) is 2. The van der Waals surface area contributed by atoms with Gasteiger partial charge in [-0.2, -0.15) is 0 Å². The van der Waals surface area contributed by atoms with Gasteiger partial charge in [-0.1, -0.05) is 0 Å². The molecule has 0 spiro atoms. The first-order valence-corrected chi connectivity index (χ1v) is 5.60. The van der Waals surface area contributed by atoms with E-state index < -0.39 is 0 Å². The number of hydrogen-bond acceptors (Lipinski definition) is 4. The second-order valence-corrected chi connectivity index (χ2v) is 4.09. The fourth-order valence-electron chi connectivity index (χ4n) is 2.18. The van der Waals surface area contributed by atoms with Crippen molar-refractivity contribution in [3.8, 4) is 11.5 Å². The van der Waals surface area contributed by atoms with Crippen LogP contribution >= 0.6 is 0 Å². The van der Waals surface area contributed by atoms with Crippen LogP contribution in [-0.4, -0.2) is 32.3 Å². The molecule has 1 fully saturated rings. The molecule has 4 heteroatoms. The number of pyridine rings is 1. The molecule has 1 unspecified atom stereocenters. The van der Waals surface area contributed by atoms with Gasteiger partial charge in [-0.3, -0.25) is 4.98 Å². The summed E-state index contributed by atoms with van der Waals surface area (Å²) < 4.78 is 10.7. The van der Waals surface area contributed by atoms with Crippen LogP contribution < -0.4 is 14.8 Å². The smallest absolute Gasteiger partial charge is 0.144 e. The average molecular weight is 222 g/mol. The van der Waals surface area contributed by atoms with Gasteiger partial charge in [0, 0.05) is 5.56 Å². The minimum Gasteiger partial charge on any atom is -0.495 e. The molecule has 0 bridgehead atoms. The Balaban J connectivity index is 2.21. The summed E-state index contributed by atoms with van der Waals surface area (Å²) in [4.78, 5) is 4.10. The molecule has 0 radical (unpaired) electrons. The normalized spacial score (nSPS) is 19.8. The molecule has 2 rings (SSSR count). The van der Waals surface area contributed by atoms with Gasteiger partial charge in [0.05, 0.1) is 26.6 Å². The van der Waals surface area contributed by atoms with E-state index in [4.69, 9.17) is 9.47 Å². The summed E-state index contributed by atoms with van der Waals surface area (Å²) in [5.41, 5.74) is 1.13. The van der Waals surface area contributed by atoms with E-state index in [1.165, 1.54) is 6.42 Å². The molecule has 0 aromatic carbocycles. The van der Waals surface area contributed by atoms with Crippen molar-refractivity contribution in [2.24, 2.45) is 5.92 Å². The predicted octanol–water partition coefficient (Wildman–Crippen LogP) is 1.25. The zero-order chi connectivity index (χ0) is 11.4. The highest BCUT2D eigenvalue weighted by Gasteiger charge is 2.19. The molecular weight excluding hydrogens is 204 g/mol. The largest absolute Gasteiger partial charge is 0.495 e. The molecule has 1 aliphatic heterocycles. The van der Waals surface area contributed by atoms with E-state index in [0.29, 0.717) is 5.92 Å². The van der Waals surface area contributed by atoms with Crippen LogP contribution in [0.15, 0.2) is 12.4 Å². The summed E-state index contributed by atoms with van der Waals surface area (Å²) in [6.45, 7) is 2.19. The van der Waals surface area contributed by atoms with Crippen LogP contribution in [0.2, 0.25) is 0 Å². The second kappa shape index (κ2) is 5.16. The summed E-state index contributed by atoms with van der Waals surface area (Å²) in [5.74, 6) is 2.32. The number of rotatable bonds is 4. The lowest BCUT2D eigenvalue weighted by molar-refractivity contribution is 0.376. The molecule has 0 amide bonds. The SMILES string of the molecule is COc1cncc(OC)c1CC1CCNC1. The molecule has 0 aliphatic carbocycles. The van der Waals surface area contributed by atoms with Crippen molar-refractivity contribution in [1.29, 1.82) is 0 Å². The number of hydrogen-bond donors (Lipinski definition) is 1. The standard InChI is InChI=1S/C12H18N2O2/c1-15-11-7-14-8-12(16-2)10(11)5-9-3-4-13-6-9/h7-9,13H,3-6H2,1-2H3. The molecule has 1 aliphatic rings. The maximum atomic E-state index is 5.34. The first-order valence-electron chi connectivity index (χ1n) is 5.60. The number of aromatic nitrogens is 1. The quantitative estimate of drug-likeness (QED) is 0.832. The van der Waals surface area contributed by atoms with Crippen molar-refractivity contribution >= 4 is 0 Å². The van der Waals surface area contributed by atoms with Gasteiger partial charge in [0.15, 0.2) is 0 Å². The molecule has 1 N–H and O–H groups in total. The first-order chi connectivity index (χ1) is 7.85. The van der Waals surface area contributed by atoms with Gasteiger partial charge < -0.3 is 14.8 Å². The third kappa shape index (κ3) is 2.27. The Morgan fingerprint density at radius 1 is 1.31 bits per heavy atom. The Morgan fingerprint density at radius 2 is 2.00 bits per heavy atom. The summed E-state index contributed by atoms with van der Waals surface area (Å²) in [6, 6.07) is 0. The monoisotopic (exact) mass is 222 g/mol. The van der Waals surface area contributed by atoms with Gasteiger partial charge in [0.2, 0.25) is 0 Å². The van der Waals surface area contributed by atoms with Crippen LogP contribution in [0.4, 0.5) is 0 Å². The lowest BCUT2D eigenvalue weighted by Gasteiger charge is -2.15. The van der Waals surface area contributed by atoms with E-state index in [2.05, 4.69) is 10.3 Å². The lowest BCUT2D eigenvalue weighted by Crippen LogP contribution is -2.12. The van der Waals surface area contributed by atoms with Crippen molar-refractivity contribution < 1.29 is 9.47 Å². The van der Waals surface area contributed by atoms with Crippen LogP contribution in [0.3, 0.4) is 0 Å². The predicted molar refractivity (Wildman–Crippen MR) is 62.0 cm³/mol. The molecular formula is C12H18N2O2. The molecule has 16 heavy (non-hydrogen) atoms. The van der Waals surface area contributed by atoms with Gasteiger partial charge in [0.1, 0.15) is 11.5 Å². The number of methoxy groups -OCH3 is 2. The fraction of sp³-hybridized carbons (Fsp3) is 0.583. The summed E-state index contributed by atoms with van der Waals surface area (Å²) in [7, 11) is 3.35. The summed E-state index contributed by atoms with van der Waals surface area (Å²) >= 11 is 0. The number of nitrogens with one attached hydrogen (secondary N) is 1. The zero-order valence-electron chi connectivity index (χ0n) is 9.82. The molecule has 1 saturated heterocycles. The van der Waals surface area contributed by atoms with Gasteiger partial charge in [-0.15, -0.1) is 0 Å². The Labute approximate surface area is 96.0 Å². The van der Waals surface area contributed by atoms with Crippen LogP contribution in [0.1, 0.15) is 12.0 Å². The topological polar surface area (TPSA) is 43.4 Å². The Kier molecular flexibility index (Phi) is 3.62. The molecule has 1 aromatic heterocycles. The van der Waals surface area contributed by atoms with Crippen LogP contribution in [-0.2, 0) is 6.42 Å². The third-order valence-corrected chi connectivity index (χ3v) is 3.07. The van der Waals surface area contributed by atoms with E-state index in [1.54, 1.807) is 26.6 Å². The number of nitrogens with zero attached hydrogens (tertiary/aromatic N) is 1. The van der Waals surface area contributed by atoms with Crippen LogP contribution in [0.25, 0.3) is 0 Å². The van der Waals surface area contributed by atoms with Gasteiger partial charge >= 0.3 is 0 Å². The maximum Gasteiger partial charge on any atom is 0.144 e. The molecule has 0 saturated carbocycles. The highest BCUT2D eigenvalue weighted by Crippen LogP contribution is 2.30. The highest BCUT2D eigenvalue weighted by atomic mass is 16.5. The Hall–Kier alpha value is -1.29. The van der Waals surface area contributed by atoms with E-state index in [-0.39, 0.29) is 0 Å². The minimum absolute atomic E-state index is 0.671. The van der Waals surface area contributed by atoms with Gasteiger partial charge in [-0.05, 0) is 31.8 Å². The van der Waals surface area contributed by atoms with E-state index in [1.807, 2.05) is 0 Å². The fourth-order valence-corrected chi connectivity index (χ4v) is 2.18. The Morgan fingerprint density at radius 3 is 2.50 bits per heavy atom. The molecule has 88 valence electrons. The maximum absolute atomic E-state index is 5.34. The average Bonchev–Trinajstić information content (AvgIpc) is 2.82. The van der Waals surface area contributed by atoms with Crippen molar-refractivity contribution in [2.45, 2.75) is 12.8 Å². The van der Waals surface area contributed by atoms with Gasteiger partial charge in [0.25, 0.3) is 0 Å².